The number of hydrogen-bond donors (Lipinski definition) is 0. The molecule has 0 aliphatic carbocycles. The number of rotatable bonds is 7. The van der Waals surface area contributed by atoms with Crippen molar-refractivity contribution < 1.29 is 23.1 Å². The fourth-order valence-electron chi connectivity index (χ4n) is 4.26. The monoisotopic (exact) mass is 490 g/mol. The molecule has 4 rings (SSSR count). The number of methoxy groups -OCH3 is 1. The molecule has 0 radical (unpaired) electrons. The number of pyridine rings is 2. The quantitative estimate of drug-likeness (QED) is 0.436. The average molecular weight is 491 g/mol. The summed E-state index contributed by atoms with van der Waals surface area (Å²) in [5, 5.41) is 9.74. The molecular weight excluding hydrogens is 466 g/mol. The minimum absolute atomic E-state index is 0.158. The van der Waals surface area contributed by atoms with E-state index in [1.807, 2.05) is 37.3 Å². The lowest BCUT2D eigenvalue weighted by molar-refractivity contribution is -0.132. The van der Waals surface area contributed by atoms with Gasteiger partial charge in [-0.05, 0) is 47.9 Å². The standard InChI is InChI=1S/C27H24F2N4O3/c1-17(19-4-7-25(36-2)32-15-19)11-18-3-5-23-22(12-18)21(9-10-31-23)24(34)6-8-26(35)33-16-27(28,29)13-20(33)14-30/h3-5,7,9-12,15,20H,6,8,13,16H2,1-2H3/b17-11+/t20-/m0/s1. The van der Waals surface area contributed by atoms with Gasteiger partial charge in [0.05, 0.1) is 25.2 Å². The van der Waals surface area contributed by atoms with Gasteiger partial charge in [-0.25, -0.2) is 13.8 Å². The lowest BCUT2D eigenvalue weighted by Gasteiger charge is -2.18. The van der Waals surface area contributed by atoms with Crippen LogP contribution in [0.1, 0.15) is 47.7 Å². The highest BCUT2D eigenvalue weighted by Gasteiger charge is 2.47. The highest BCUT2D eigenvalue weighted by Crippen LogP contribution is 2.32. The number of carbonyl (C=O) groups is 2. The van der Waals surface area contributed by atoms with E-state index in [2.05, 4.69) is 9.97 Å². The second-order valence-corrected chi connectivity index (χ2v) is 8.70. The number of likely N-dealkylation sites (tertiary alicyclic amines) is 1. The molecule has 0 bridgehead atoms. The summed E-state index contributed by atoms with van der Waals surface area (Å²) in [5.41, 5.74) is 3.75. The molecule has 1 aromatic carbocycles. The number of aromatic nitrogens is 2. The highest BCUT2D eigenvalue weighted by molar-refractivity contribution is 6.08. The molecule has 0 spiro atoms. The second-order valence-electron chi connectivity index (χ2n) is 8.70. The van der Waals surface area contributed by atoms with Crippen LogP contribution in [0.5, 0.6) is 5.88 Å². The number of fused-ring (bicyclic) bond motifs is 1. The Bertz CT molecular complexity index is 1380. The van der Waals surface area contributed by atoms with E-state index >= 15 is 0 Å². The van der Waals surface area contributed by atoms with Gasteiger partial charge in [0.1, 0.15) is 6.04 Å². The van der Waals surface area contributed by atoms with Crippen LogP contribution in [0.3, 0.4) is 0 Å². The van der Waals surface area contributed by atoms with Crippen LogP contribution in [0.2, 0.25) is 0 Å². The Hall–Kier alpha value is -4.19. The van der Waals surface area contributed by atoms with Gasteiger partial charge in [0.15, 0.2) is 5.78 Å². The third-order valence-electron chi connectivity index (χ3n) is 6.16. The van der Waals surface area contributed by atoms with Gasteiger partial charge in [-0.1, -0.05) is 12.1 Å². The molecule has 1 amide bonds. The zero-order chi connectivity index (χ0) is 25.9. The van der Waals surface area contributed by atoms with Crippen LogP contribution in [0, 0.1) is 11.3 Å². The predicted molar refractivity (Wildman–Crippen MR) is 130 cm³/mol. The van der Waals surface area contributed by atoms with E-state index in [4.69, 9.17) is 10.00 Å². The zero-order valence-corrected chi connectivity index (χ0v) is 19.9. The first-order valence-electron chi connectivity index (χ1n) is 11.4. The fraction of sp³-hybridized carbons (Fsp3) is 0.296. The molecular formula is C27H24F2N4O3. The Labute approximate surface area is 207 Å². The van der Waals surface area contributed by atoms with Gasteiger partial charge < -0.3 is 9.64 Å². The summed E-state index contributed by atoms with van der Waals surface area (Å²) in [6.45, 7) is 1.15. The number of halogens is 2. The van der Waals surface area contributed by atoms with Gasteiger partial charge in [0.25, 0.3) is 5.92 Å². The Balaban J connectivity index is 1.53. The van der Waals surface area contributed by atoms with Gasteiger partial charge in [-0.2, -0.15) is 5.26 Å². The first kappa shape index (κ1) is 24.9. The van der Waals surface area contributed by atoms with Crippen LogP contribution >= 0.6 is 0 Å². The van der Waals surface area contributed by atoms with Crippen molar-refractivity contribution in [3.8, 4) is 11.9 Å². The van der Waals surface area contributed by atoms with Crippen molar-refractivity contribution in [2.24, 2.45) is 0 Å². The van der Waals surface area contributed by atoms with Crippen LogP contribution in [-0.2, 0) is 4.79 Å². The summed E-state index contributed by atoms with van der Waals surface area (Å²) in [4.78, 5) is 35.0. The van der Waals surface area contributed by atoms with Crippen molar-refractivity contribution >= 4 is 34.2 Å². The van der Waals surface area contributed by atoms with E-state index in [-0.39, 0.29) is 18.6 Å². The lowest BCUT2D eigenvalue weighted by Crippen LogP contribution is -2.36. The third-order valence-corrected chi connectivity index (χ3v) is 6.16. The second kappa shape index (κ2) is 10.2. The molecule has 2 aromatic heterocycles. The maximum absolute atomic E-state index is 13.7. The topological polar surface area (TPSA) is 96.2 Å². The van der Waals surface area contributed by atoms with Crippen LogP contribution < -0.4 is 4.74 Å². The Morgan fingerprint density at radius 1 is 1.22 bits per heavy atom. The van der Waals surface area contributed by atoms with Gasteiger partial charge >= 0.3 is 0 Å². The number of ether oxygens (including phenoxy) is 1. The molecule has 7 nitrogen and oxygen atoms in total. The summed E-state index contributed by atoms with van der Waals surface area (Å²) in [7, 11) is 1.55. The molecule has 1 fully saturated rings. The van der Waals surface area contributed by atoms with Gasteiger partial charge in [-0.3, -0.25) is 14.6 Å². The van der Waals surface area contributed by atoms with Gasteiger partial charge in [-0.15, -0.1) is 0 Å². The summed E-state index contributed by atoms with van der Waals surface area (Å²) in [6, 6.07) is 11.4. The van der Waals surface area contributed by atoms with Crippen LogP contribution in [-0.4, -0.2) is 52.2 Å². The van der Waals surface area contributed by atoms with E-state index in [1.165, 1.54) is 6.20 Å². The molecule has 0 unspecified atom stereocenters. The molecule has 36 heavy (non-hydrogen) atoms. The molecule has 1 saturated heterocycles. The van der Waals surface area contributed by atoms with Crippen molar-refractivity contribution in [2.45, 2.75) is 38.2 Å². The van der Waals surface area contributed by atoms with E-state index in [0.717, 1.165) is 21.6 Å². The minimum Gasteiger partial charge on any atom is -0.481 e. The van der Waals surface area contributed by atoms with E-state index in [0.29, 0.717) is 22.3 Å². The first-order valence-corrected chi connectivity index (χ1v) is 11.4. The minimum atomic E-state index is -3.09. The molecule has 0 saturated carbocycles. The van der Waals surface area contributed by atoms with Crippen molar-refractivity contribution in [2.75, 3.05) is 13.7 Å². The molecule has 0 N–H and O–H groups in total. The lowest BCUT2D eigenvalue weighted by atomic mass is 9.99. The smallest absolute Gasteiger partial charge is 0.268 e. The van der Waals surface area contributed by atoms with Crippen LogP contribution in [0.4, 0.5) is 8.78 Å². The van der Waals surface area contributed by atoms with E-state index < -0.39 is 30.8 Å². The number of amides is 1. The molecule has 3 aromatic rings. The van der Waals surface area contributed by atoms with Crippen molar-refractivity contribution in [1.29, 1.82) is 5.26 Å². The summed E-state index contributed by atoms with van der Waals surface area (Å²) < 4.78 is 32.4. The Morgan fingerprint density at radius 3 is 2.72 bits per heavy atom. The van der Waals surface area contributed by atoms with Crippen molar-refractivity contribution in [1.82, 2.24) is 14.9 Å². The Morgan fingerprint density at radius 2 is 2.03 bits per heavy atom. The molecule has 9 heteroatoms. The molecule has 1 aliphatic heterocycles. The fourth-order valence-corrected chi connectivity index (χ4v) is 4.26. The van der Waals surface area contributed by atoms with Crippen LogP contribution in [0.25, 0.3) is 22.6 Å². The normalized spacial score (nSPS) is 17.1. The molecule has 184 valence electrons. The largest absolute Gasteiger partial charge is 0.481 e. The number of carbonyl (C=O) groups excluding carboxylic acids is 2. The number of nitrogens with zero attached hydrogens (tertiary/aromatic N) is 4. The number of hydrogen-bond acceptors (Lipinski definition) is 6. The molecule has 1 aliphatic rings. The summed E-state index contributed by atoms with van der Waals surface area (Å²) >= 11 is 0. The average Bonchev–Trinajstić information content (AvgIpc) is 3.21. The number of alkyl halides is 2. The van der Waals surface area contributed by atoms with Crippen molar-refractivity contribution in [3.05, 3.63) is 65.5 Å². The van der Waals surface area contributed by atoms with E-state index in [9.17, 15) is 18.4 Å². The SMILES string of the molecule is COc1ccc(/C(C)=C/c2ccc3nccc(C(=O)CCC(=O)N4CC(F)(F)C[C@H]4C#N)c3c2)cn1. The number of benzene rings is 1. The van der Waals surface area contributed by atoms with Gasteiger partial charge in [0.2, 0.25) is 11.8 Å². The number of allylic oxidation sites excluding steroid dienone is 1. The number of Topliss-reactive ketones (excluding diaryl/α,β-unsaturated/α-hetero) is 1. The third kappa shape index (κ3) is 5.38. The summed E-state index contributed by atoms with van der Waals surface area (Å²) in [5.74, 6) is -3.50. The number of nitriles is 1. The Kier molecular flexibility index (Phi) is 7.06. The number of ketones is 1. The molecule has 3 heterocycles. The first-order chi connectivity index (χ1) is 17.2. The van der Waals surface area contributed by atoms with Crippen LogP contribution in [0.15, 0.2) is 48.8 Å². The highest BCUT2D eigenvalue weighted by atomic mass is 19.3. The zero-order valence-electron chi connectivity index (χ0n) is 19.9. The summed E-state index contributed by atoms with van der Waals surface area (Å²) in [6.07, 6.45) is 4.11. The van der Waals surface area contributed by atoms with E-state index in [1.54, 1.807) is 31.5 Å². The van der Waals surface area contributed by atoms with Gasteiger partial charge in [0, 0.05) is 48.7 Å². The predicted octanol–water partition coefficient (Wildman–Crippen LogP) is 4.92. The molecule has 1 atom stereocenters. The van der Waals surface area contributed by atoms with Crippen molar-refractivity contribution in [3.63, 3.8) is 0 Å². The maximum atomic E-state index is 13.7. The maximum Gasteiger partial charge on any atom is 0.268 e.